The average Bonchev–Trinajstić information content (AvgIpc) is 3.75. The largest absolute Gasteiger partial charge is 0.506 e. The molecular formula is C40H50N4O2. The van der Waals surface area contributed by atoms with Crippen molar-refractivity contribution >= 4 is 45.3 Å². The lowest BCUT2D eigenvalue weighted by molar-refractivity contribution is -0.109. The topological polar surface area (TPSA) is 71.9 Å². The number of rotatable bonds is 7. The molecule has 0 bridgehead atoms. The van der Waals surface area contributed by atoms with Crippen LogP contribution in [0.15, 0.2) is 41.3 Å². The number of fused-ring (bicyclic) bond motifs is 6. The molecule has 4 unspecified atom stereocenters. The van der Waals surface area contributed by atoms with Gasteiger partial charge in [-0.25, -0.2) is 0 Å². The number of H-pyrrole nitrogens is 1. The van der Waals surface area contributed by atoms with Crippen LogP contribution in [0.1, 0.15) is 104 Å². The number of allylic oxidation sites excluding steroid dienone is 2. The minimum atomic E-state index is -0.106. The van der Waals surface area contributed by atoms with Crippen LogP contribution in [0.2, 0.25) is 0 Å². The summed E-state index contributed by atoms with van der Waals surface area (Å²) in [4.78, 5) is 27.7. The van der Waals surface area contributed by atoms with Gasteiger partial charge in [0.2, 0.25) is 5.78 Å². The number of Topliss-reactive ketones (excluding diaryl/α,β-unsaturated/α-hetero) is 1. The van der Waals surface area contributed by atoms with Crippen molar-refractivity contribution in [1.82, 2.24) is 4.98 Å². The molecule has 6 nitrogen and oxygen atoms in total. The van der Waals surface area contributed by atoms with Crippen molar-refractivity contribution in [2.75, 3.05) is 22.9 Å². The summed E-state index contributed by atoms with van der Waals surface area (Å²) in [6.07, 6.45) is 7.97. The number of likely N-dealkylation sites (N-methyl/N-ethyl adjacent to an activating group) is 2. The first-order valence-corrected chi connectivity index (χ1v) is 17.4. The van der Waals surface area contributed by atoms with E-state index in [-0.39, 0.29) is 22.4 Å². The van der Waals surface area contributed by atoms with Crippen molar-refractivity contribution < 1.29 is 9.90 Å². The van der Waals surface area contributed by atoms with E-state index >= 15 is 0 Å². The molecule has 242 valence electrons. The number of ketones is 1. The molecule has 2 aromatic carbocycles. The average molecular weight is 619 g/mol. The van der Waals surface area contributed by atoms with Gasteiger partial charge in [-0.3, -0.25) is 9.79 Å². The smallest absolute Gasteiger partial charge is 0.201 e. The van der Waals surface area contributed by atoms with Crippen LogP contribution in [0.4, 0.5) is 11.4 Å². The Balaban J connectivity index is 1.48. The molecule has 0 spiro atoms. The van der Waals surface area contributed by atoms with Gasteiger partial charge in [-0.1, -0.05) is 41.5 Å². The Bertz CT molecular complexity index is 1990. The predicted octanol–water partition coefficient (Wildman–Crippen LogP) is 7.54. The number of aromatic amines is 1. The molecule has 0 saturated heterocycles. The normalized spacial score (nSPS) is 27.7. The van der Waals surface area contributed by atoms with Gasteiger partial charge in [0.15, 0.2) is 0 Å². The van der Waals surface area contributed by atoms with Gasteiger partial charge in [0.1, 0.15) is 5.76 Å². The highest BCUT2D eigenvalue weighted by Gasteiger charge is 2.49. The van der Waals surface area contributed by atoms with E-state index in [2.05, 4.69) is 108 Å². The molecule has 1 aliphatic carbocycles. The van der Waals surface area contributed by atoms with Gasteiger partial charge < -0.3 is 19.9 Å². The number of nitrogens with zero attached hydrogens (tertiary/aromatic N) is 3. The molecule has 3 aliphatic heterocycles. The monoisotopic (exact) mass is 618 g/mol. The number of carbonyl (C=O) groups is 1. The van der Waals surface area contributed by atoms with Crippen LogP contribution < -0.4 is 20.4 Å². The molecule has 0 radical (unpaired) electrons. The second-order valence-electron chi connectivity index (χ2n) is 15.5. The van der Waals surface area contributed by atoms with E-state index in [0.29, 0.717) is 35.1 Å². The van der Waals surface area contributed by atoms with Crippen molar-refractivity contribution in [3.05, 3.63) is 69.2 Å². The van der Waals surface area contributed by atoms with Crippen molar-refractivity contribution in [1.29, 1.82) is 0 Å². The Morgan fingerprint density at radius 3 is 2.07 bits per heavy atom. The number of carbonyl (C=O) groups excluding carboxylic acids is 1. The molecule has 46 heavy (non-hydrogen) atoms. The highest BCUT2D eigenvalue weighted by Crippen LogP contribution is 2.54. The maximum absolute atomic E-state index is 14.4. The fourth-order valence-corrected chi connectivity index (χ4v) is 9.81. The molecule has 0 saturated carbocycles. The molecule has 4 aliphatic rings. The Hall–Kier alpha value is -3.80. The standard InChI is InChI=1S/C40H50N4O2/c1-11-43-23(7)39(9,19-21(3)4)29-17-27(33-25(35(29)43)13-15-41-33)31-37(45)32(38(31)46)28-18-30-36(26-14-16-42-34(26)28)44(12-2)24(8)40(30,10)20-22(5)6/h13-18,21-24,41,45H,11-12,19-20H2,1-10H3. The molecule has 0 fully saturated rings. The first-order chi connectivity index (χ1) is 21.8. The SMILES string of the molecule is CCN1c2c(cc(=C3C(=O)C(c4cc5c(c6cc[nH]c46)N(CC)C(C)C5(C)CC(C)C)=C3O)c3c2C=CN=3)C(C)(CC(C)C)C1C. The third-order valence-corrected chi connectivity index (χ3v) is 12.0. The minimum absolute atomic E-state index is 0.0800. The zero-order chi connectivity index (χ0) is 33.0. The molecule has 4 atom stereocenters. The first kappa shape index (κ1) is 30.8. The van der Waals surface area contributed by atoms with Crippen LogP contribution in [-0.4, -0.2) is 41.0 Å². The Morgan fingerprint density at radius 2 is 1.50 bits per heavy atom. The van der Waals surface area contributed by atoms with Crippen molar-refractivity contribution in [2.45, 2.75) is 105 Å². The minimum Gasteiger partial charge on any atom is -0.506 e. The Kier molecular flexibility index (Phi) is 6.94. The number of aliphatic hydroxyl groups is 1. The van der Waals surface area contributed by atoms with Crippen LogP contribution >= 0.6 is 0 Å². The van der Waals surface area contributed by atoms with Crippen LogP contribution in [0.3, 0.4) is 0 Å². The molecular weight excluding hydrogens is 568 g/mol. The fraction of sp³-hybridized carbons (Fsp3) is 0.500. The summed E-state index contributed by atoms with van der Waals surface area (Å²) in [7, 11) is 0. The number of anilines is 2. The third kappa shape index (κ3) is 3.88. The quantitative estimate of drug-likeness (QED) is 0.287. The van der Waals surface area contributed by atoms with E-state index in [1.807, 2.05) is 12.4 Å². The zero-order valence-electron chi connectivity index (χ0n) is 29.3. The van der Waals surface area contributed by atoms with E-state index in [0.717, 1.165) is 58.5 Å². The lowest BCUT2D eigenvalue weighted by Gasteiger charge is -2.35. The van der Waals surface area contributed by atoms with Gasteiger partial charge in [0, 0.05) is 70.1 Å². The van der Waals surface area contributed by atoms with Crippen molar-refractivity contribution in [3.63, 3.8) is 0 Å². The fourth-order valence-electron chi connectivity index (χ4n) is 9.81. The van der Waals surface area contributed by atoms with Gasteiger partial charge in [-0.2, -0.15) is 0 Å². The summed E-state index contributed by atoms with van der Waals surface area (Å²) in [6.45, 7) is 24.8. The van der Waals surface area contributed by atoms with E-state index in [4.69, 9.17) is 4.99 Å². The van der Waals surface area contributed by atoms with Crippen LogP contribution in [0.5, 0.6) is 0 Å². The predicted molar refractivity (Wildman–Crippen MR) is 191 cm³/mol. The number of hydrogen-bond donors (Lipinski definition) is 2. The van der Waals surface area contributed by atoms with Crippen LogP contribution in [0.25, 0.3) is 28.1 Å². The molecule has 3 aromatic rings. The summed E-state index contributed by atoms with van der Waals surface area (Å²) < 4.78 is 0. The molecule has 4 heterocycles. The van der Waals surface area contributed by atoms with Gasteiger partial charge in [-0.05, 0) is 87.8 Å². The number of nitrogens with one attached hydrogen (secondary N) is 1. The van der Waals surface area contributed by atoms with Gasteiger partial charge >= 0.3 is 0 Å². The van der Waals surface area contributed by atoms with Gasteiger partial charge in [0.25, 0.3) is 0 Å². The van der Waals surface area contributed by atoms with Crippen LogP contribution in [-0.2, 0) is 15.6 Å². The van der Waals surface area contributed by atoms with Crippen molar-refractivity contribution in [2.24, 2.45) is 16.8 Å². The molecule has 0 amide bonds. The Morgan fingerprint density at radius 1 is 0.913 bits per heavy atom. The number of benzene rings is 2. The number of aliphatic hydroxyl groups excluding tert-OH is 1. The van der Waals surface area contributed by atoms with Gasteiger partial charge in [0.05, 0.1) is 33.4 Å². The first-order valence-electron chi connectivity index (χ1n) is 17.4. The van der Waals surface area contributed by atoms with Crippen molar-refractivity contribution in [3.8, 4) is 0 Å². The lowest BCUT2D eigenvalue weighted by atomic mass is 9.71. The highest BCUT2D eigenvalue weighted by molar-refractivity contribution is 6.52. The Labute approximate surface area is 273 Å². The molecule has 2 N–H and O–H groups in total. The summed E-state index contributed by atoms with van der Waals surface area (Å²) in [5.41, 5.74) is 8.44. The van der Waals surface area contributed by atoms with E-state index in [1.54, 1.807) is 0 Å². The maximum Gasteiger partial charge on any atom is 0.201 e. The molecule has 6 heteroatoms. The van der Waals surface area contributed by atoms with Crippen LogP contribution in [0, 0.1) is 11.8 Å². The third-order valence-electron chi connectivity index (χ3n) is 12.0. The summed E-state index contributed by atoms with van der Waals surface area (Å²) >= 11 is 0. The van der Waals surface area contributed by atoms with E-state index in [1.165, 1.54) is 22.5 Å². The zero-order valence-corrected chi connectivity index (χ0v) is 29.3. The highest BCUT2D eigenvalue weighted by atomic mass is 16.3. The molecule has 7 rings (SSSR count). The second kappa shape index (κ2) is 10.4. The van der Waals surface area contributed by atoms with Gasteiger partial charge in [-0.15, -0.1) is 0 Å². The lowest BCUT2D eigenvalue weighted by Crippen LogP contribution is -2.41. The number of hydrogen-bond acceptors (Lipinski definition) is 5. The summed E-state index contributed by atoms with van der Waals surface area (Å²) in [6, 6.07) is 7.16. The molecule has 1 aromatic heterocycles. The summed E-state index contributed by atoms with van der Waals surface area (Å²) in [5, 5.41) is 14.6. The second-order valence-corrected chi connectivity index (χ2v) is 15.5. The van der Waals surface area contributed by atoms with E-state index in [9.17, 15) is 9.90 Å². The number of aromatic nitrogens is 1. The van der Waals surface area contributed by atoms with E-state index < -0.39 is 0 Å². The maximum atomic E-state index is 14.4. The summed E-state index contributed by atoms with van der Waals surface area (Å²) in [5.74, 6) is 1.01.